The number of hydrogen-bond donors (Lipinski definition) is 2. The lowest BCUT2D eigenvalue weighted by atomic mass is 10.0. The molecule has 1 saturated carbocycles. The van der Waals surface area contributed by atoms with E-state index >= 15 is 0 Å². The summed E-state index contributed by atoms with van der Waals surface area (Å²) in [6, 6.07) is 2.16. The highest BCUT2D eigenvalue weighted by Crippen LogP contribution is 2.37. The first-order chi connectivity index (χ1) is 9.15. The van der Waals surface area contributed by atoms with Crippen molar-refractivity contribution in [1.82, 2.24) is 9.88 Å². The van der Waals surface area contributed by atoms with Crippen LogP contribution in [0, 0.1) is 5.92 Å². The van der Waals surface area contributed by atoms with Crippen molar-refractivity contribution in [3.05, 3.63) is 23.0 Å². The number of carbonyl (C=O) groups excluding carboxylic acids is 1. The number of aliphatic hydroxyl groups excluding tert-OH is 1. The predicted molar refractivity (Wildman–Crippen MR) is 75.5 cm³/mol. The number of halogens is 1. The van der Waals surface area contributed by atoms with E-state index in [-0.39, 0.29) is 12.5 Å². The number of nitrogens with one attached hydrogen (secondary N) is 1. The zero-order valence-corrected chi connectivity index (χ0v) is 12.0. The number of nitrogens with zero attached hydrogens (tertiary/aromatic N) is 1. The molecule has 1 aromatic heterocycles. The number of hydrogen-bond acceptors (Lipinski definition) is 2. The van der Waals surface area contributed by atoms with Crippen LogP contribution in [0.5, 0.6) is 0 Å². The quantitative estimate of drug-likeness (QED) is 0.809. The second-order valence-corrected chi connectivity index (χ2v) is 5.62. The molecule has 0 aromatic carbocycles. The average molecular weight is 285 g/mol. The van der Waals surface area contributed by atoms with E-state index in [2.05, 4.69) is 12.2 Å². The Bertz CT molecular complexity index is 441. The zero-order chi connectivity index (χ0) is 13.8. The first kappa shape index (κ1) is 14.4. The van der Waals surface area contributed by atoms with Gasteiger partial charge in [0.15, 0.2) is 0 Å². The van der Waals surface area contributed by atoms with Crippen molar-refractivity contribution in [1.29, 1.82) is 0 Å². The van der Waals surface area contributed by atoms with Crippen molar-refractivity contribution in [3.63, 3.8) is 0 Å². The SMILES string of the molecule is CCC(CCO)CNC(=O)c1cc(Cl)cn1C1CC1. The Kier molecular flexibility index (Phi) is 4.88. The van der Waals surface area contributed by atoms with Gasteiger partial charge in [-0.25, -0.2) is 0 Å². The van der Waals surface area contributed by atoms with Gasteiger partial charge in [0.2, 0.25) is 0 Å². The molecule has 5 heteroatoms. The minimum atomic E-state index is -0.0739. The van der Waals surface area contributed by atoms with E-state index in [9.17, 15) is 4.79 Å². The van der Waals surface area contributed by atoms with Crippen LogP contribution in [0.15, 0.2) is 12.3 Å². The predicted octanol–water partition coefficient (Wildman–Crippen LogP) is 2.61. The Hall–Kier alpha value is -1.00. The van der Waals surface area contributed by atoms with Crippen molar-refractivity contribution in [2.75, 3.05) is 13.2 Å². The van der Waals surface area contributed by atoms with E-state index in [1.54, 1.807) is 6.07 Å². The van der Waals surface area contributed by atoms with Crippen LogP contribution in [0.25, 0.3) is 0 Å². The molecule has 2 rings (SSSR count). The van der Waals surface area contributed by atoms with Gasteiger partial charge in [-0.3, -0.25) is 4.79 Å². The van der Waals surface area contributed by atoms with Crippen LogP contribution in [-0.2, 0) is 0 Å². The minimum Gasteiger partial charge on any atom is -0.396 e. The van der Waals surface area contributed by atoms with E-state index in [0.717, 1.165) is 25.7 Å². The summed E-state index contributed by atoms with van der Waals surface area (Å²) in [7, 11) is 0. The molecule has 1 unspecified atom stereocenters. The first-order valence-corrected chi connectivity index (χ1v) is 7.30. The Morgan fingerprint density at radius 2 is 2.37 bits per heavy atom. The molecule has 19 heavy (non-hydrogen) atoms. The molecule has 0 saturated heterocycles. The molecule has 1 aromatic rings. The second-order valence-electron chi connectivity index (χ2n) is 5.18. The molecule has 0 aliphatic heterocycles. The normalized spacial score (nSPS) is 16.4. The average Bonchev–Trinajstić information content (AvgIpc) is 3.17. The fourth-order valence-electron chi connectivity index (χ4n) is 2.24. The molecule has 1 heterocycles. The maximum absolute atomic E-state index is 12.2. The summed E-state index contributed by atoms with van der Waals surface area (Å²) in [5, 5.41) is 12.5. The summed E-state index contributed by atoms with van der Waals surface area (Å²) in [5.74, 6) is 0.254. The van der Waals surface area contributed by atoms with E-state index in [1.807, 2.05) is 10.8 Å². The van der Waals surface area contributed by atoms with Gasteiger partial charge in [0.05, 0.1) is 5.02 Å². The zero-order valence-electron chi connectivity index (χ0n) is 11.2. The molecule has 1 aliphatic carbocycles. The first-order valence-electron chi connectivity index (χ1n) is 6.92. The number of carbonyl (C=O) groups is 1. The molecule has 1 atom stereocenters. The highest BCUT2D eigenvalue weighted by atomic mass is 35.5. The number of aromatic nitrogens is 1. The van der Waals surface area contributed by atoms with Gasteiger partial charge in [-0.2, -0.15) is 0 Å². The van der Waals surface area contributed by atoms with Crippen LogP contribution >= 0.6 is 11.6 Å². The number of rotatable bonds is 7. The molecule has 0 radical (unpaired) electrons. The van der Waals surface area contributed by atoms with E-state index in [0.29, 0.717) is 29.2 Å². The molecule has 4 nitrogen and oxygen atoms in total. The summed E-state index contributed by atoms with van der Waals surface area (Å²) in [4.78, 5) is 12.2. The third-order valence-electron chi connectivity index (χ3n) is 3.65. The van der Waals surface area contributed by atoms with Gasteiger partial charge in [0.1, 0.15) is 5.69 Å². The lowest BCUT2D eigenvalue weighted by Crippen LogP contribution is -2.31. The summed E-state index contributed by atoms with van der Waals surface area (Å²) in [6.45, 7) is 2.83. The number of amides is 1. The summed E-state index contributed by atoms with van der Waals surface area (Å²) in [6.07, 6.45) is 5.74. The Morgan fingerprint density at radius 1 is 1.63 bits per heavy atom. The molecule has 2 N–H and O–H groups in total. The monoisotopic (exact) mass is 284 g/mol. The van der Waals surface area contributed by atoms with Crippen molar-refractivity contribution in [3.8, 4) is 0 Å². The maximum atomic E-state index is 12.2. The third kappa shape index (κ3) is 3.74. The third-order valence-corrected chi connectivity index (χ3v) is 3.86. The molecular formula is C14H21ClN2O2. The molecule has 0 bridgehead atoms. The van der Waals surface area contributed by atoms with E-state index < -0.39 is 0 Å². The van der Waals surface area contributed by atoms with Gasteiger partial charge < -0.3 is 15.0 Å². The van der Waals surface area contributed by atoms with Gasteiger partial charge in [0, 0.05) is 25.4 Å². The Balaban J connectivity index is 1.95. The smallest absolute Gasteiger partial charge is 0.267 e. The maximum Gasteiger partial charge on any atom is 0.267 e. The van der Waals surface area contributed by atoms with Gasteiger partial charge in [-0.05, 0) is 31.2 Å². The topological polar surface area (TPSA) is 54.3 Å². The second kappa shape index (κ2) is 6.44. The molecule has 1 aliphatic rings. The molecule has 0 spiro atoms. The highest BCUT2D eigenvalue weighted by molar-refractivity contribution is 6.31. The van der Waals surface area contributed by atoms with E-state index in [1.165, 1.54) is 0 Å². The van der Waals surface area contributed by atoms with Crippen LogP contribution in [0.4, 0.5) is 0 Å². The fourth-order valence-corrected chi connectivity index (χ4v) is 2.45. The largest absolute Gasteiger partial charge is 0.396 e. The summed E-state index contributed by atoms with van der Waals surface area (Å²) >= 11 is 5.99. The van der Waals surface area contributed by atoms with Crippen LogP contribution < -0.4 is 5.32 Å². The molecule has 1 fully saturated rings. The van der Waals surface area contributed by atoms with Crippen molar-refractivity contribution in [2.45, 2.75) is 38.6 Å². The lowest BCUT2D eigenvalue weighted by Gasteiger charge is -2.15. The van der Waals surface area contributed by atoms with Crippen molar-refractivity contribution < 1.29 is 9.90 Å². The Labute approximate surface area is 118 Å². The van der Waals surface area contributed by atoms with Crippen LogP contribution in [-0.4, -0.2) is 28.7 Å². The van der Waals surface area contributed by atoms with Crippen LogP contribution in [0.1, 0.15) is 49.1 Å². The van der Waals surface area contributed by atoms with Crippen LogP contribution in [0.2, 0.25) is 5.02 Å². The highest BCUT2D eigenvalue weighted by Gasteiger charge is 2.27. The number of aliphatic hydroxyl groups is 1. The Morgan fingerprint density at radius 3 is 2.95 bits per heavy atom. The minimum absolute atomic E-state index is 0.0739. The van der Waals surface area contributed by atoms with E-state index in [4.69, 9.17) is 16.7 Å². The van der Waals surface area contributed by atoms with Gasteiger partial charge in [-0.1, -0.05) is 24.9 Å². The van der Waals surface area contributed by atoms with Crippen LogP contribution in [0.3, 0.4) is 0 Å². The van der Waals surface area contributed by atoms with Crippen molar-refractivity contribution >= 4 is 17.5 Å². The van der Waals surface area contributed by atoms with Gasteiger partial charge in [-0.15, -0.1) is 0 Å². The fraction of sp³-hybridized carbons (Fsp3) is 0.643. The van der Waals surface area contributed by atoms with Crippen molar-refractivity contribution in [2.24, 2.45) is 5.92 Å². The van der Waals surface area contributed by atoms with Gasteiger partial charge >= 0.3 is 0 Å². The van der Waals surface area contributed by atoms with Gasteiger partial charge in [0.25, 0.3) is 5.91 Å². The standard InChI is InChI=1S/C14H21ClN2O2/c1-2-10(5-6-18)8-16-14(19)13-7-11(15)9-17(13)12-3-4-12/h7,9-10,12,18H,2-6,8H2,1H3,(H,16,19). The summed E-state index contributed by atoms with van der Waals surface area (Å²) < 4.78 is 1.98. The molecule has 1 amide bonds. The summed E-state index contributed by atoms with van der Waals surface area (Å²) in [5.41, 5.74) is 0.645. The molecular weight excluding hydrogens is 264 g/mol. The lowest BCUT2D eigenvalue weighted by molar-refractivity contribution is 0.0934. The molecule has 106 valence electrons.